The summed E-state index contributed by atoms with van der Waals surface area (Å²) in [5, 5.41) is 4.18. The molecule has 4 nitrogen and oxygen atoms in total. The molecule has 1 aromatic heterocycles. The Morgan fingerprint density at radius 3 is 2.27 bits per heavy atom. The fourth-order valence-electron chi connectivity index (χ4n) is 6.02. The van der Waals surface area contributed by atoms with Gasteiger partial charge in [0.15, 0.2) is 0 Å². The van der Waals surface area contributed by atoms with E-state index in [9.17, 15) is 18.0 Å². The third-order valence-electron chi connectivity index (χ3n) is 7.86. The molecule has 1 amide bonds. The van der Waals surface area contributed by atoms with Gasteiger partial charge >= 0.3 is 6.18 Å². The summed E-state index contributed by atoms with van der Waals surface area (Å²) in [5.74, 6) is -0.108. The fourth-order valence-corrected chi connectivity index (χ4v) is 6.02. The monoisotopic (exact) mass is 503 g/mol. The van der Waals surface area contributed by atoms with Crippen LogP contribution in [-0.2, 0) is 12.7 Å². The van der Waals surface area contributed by atoms with E-state index in [2.05, 4.69) is 34.5 Å². The summed E-state index contributed by atoms with van der Waals surface area (Å²) in [6.45, 7) is 0.953. The van der Waals surface area contributed by atoms with Crippen LogP contribution >= 0.6 is 0 Å². The maximum atomic E-state index is 13.2. The number of piperidine rings is 1. The quantitative estimate of drug-likeness (QED) is 0.334. The molecule has 4 aromatic rings. The van der Waals surface area contributed by atoms with E-state index in [1.54, 1.807) is 0 Å². The molecule has 0 aliphatic carbocycles. The molecule has 2 aliphatic rings. The van der Waals surface area contributed by atoms with Crippen molar-refractivity contribution in [3.05, 3.63) is 102 Å². The highest BCUT2D eigenvalue weighted by Gasteiger charge is 2.41. The van der Waals surface area contributed by atoms with Crippen molar-refractivity contribution in [2.45, 2.75) is 56.5 Å². The fraction of sp³-hybridized carbons (Fsp3) is 0.300. The number of carbonyl (C=O) groups excluding carboxylic acids is 1. The predicted molar refractivity (Wildman–Crippen MR) is 138 cm³/mol. The topological polar surface area (TPSA) is 37.3 Å². The molecule has 0 spiro atoms. The van der Waals surface area contributed by atoms with E-state index in [4.69, 9.17) is 0 Å². The molecule has 37 heavy (non-hydrogen) atoms. The van der Waals surface area contributed by atoms with Gasteiger partial charge in [0, 0.05) is 42.1 Å². The van der Waals surface area contributed by atoms with Crippen LogP contribution in [0.15, 0.2) is 85.1 Å². The number of alkyl halides is 3. The number of fused-ring (bicyclic) bond motifs is 3. The largest absolute Gasteiger partial charge is 0.416 e. The van der Waals surface area contributed by atoms with Gasteiger partial charge < -0.3 is 9.88 Å². The van der Waals surface area contributed by atoms with Crippen molar-refractivity contribution >= 4 is 16.8 Å². The summed E-state index contributed by atoms with van der Waals surface area (Å²) in [6, 6.07) is 24.1. The van der Waals surface area contributed by atoms with Crippen molar-refractivity contribution in [1.82, 2.24) is 14.8 Å². The summed E-state index contributed by atoms with van der Waals surface area (Å²) in [4.78, 5) is 15.8. The summed E-state index contributed by atoms with van der Waals surface area (Å²) in [6.07, 6.45) is 1.65. The van der Waals surface area contributed by atoms with Crippen molar-refractivity contribution in [3.8, 4) is 5.69 Å². The lowest BCUT2D eigenvalue weighted by Gasteiger charge is -2.39. The standard InChI is InChI=1S/C30H28F3N3O/c31-30(32,33)23-8-10-25(11-9-23)35-15-14-21-6-7-22(16-28(21)35)29(37)34-24-17-26-12-13-27(18-24)36(26)19-20-4-2-1-3-5-20/h1-11,14-16,24,26-27H,12-13,17-19H2,(H,34,37)/t24?,26-,27+. The van der Waals surface area contributed by atoms with Gasteiger partial charge in [0.1, 0.15) is 0 Å². The lowest BCUT2D eigenvalue weighted by molar-refractivity contribution is -0.137. The zero-order valence-corrected chi connectivity index (χ0v) is 20.3. The molecule has 0 radical (unpaired) electrons. The Morgan fingerprint density at radius 2 is 1.59 bits per heavy atom. The van der Waals surface area contributed by atoms with E-state index in [-0.39, 0.29) is 11.9 Å². The number of aromatic nitrogens is 1. The molecule has 3 atom stereocenters. The number of hydrogen-bond acceptors (Lipinski definition) is 2. The highest BCUT2D eigenvalue weighted by molar-refractivity contribution is 5.98. The van der Waals surface area contributed by atoms with Gasteiger partial charge in [0.2, 0.25) is 0 Å². The zero-order chi connectivity index (χ0) is 25.6. The van der Waals surface area contributed by atoms with Crippen LogP contribution in [0.25, 0.3) is 16.6 Å². The van der Waals surface area contributed by atoms with Crippen LogP contribution in [0.2, 0.25) is 0 Å². The molecule has 2 saturated heterocycles. The van der Waals surface area contributed by atoms with Gasteiger partial charge in [-0.15, -0.1) is 0 Å². The average Bonchev–Trinajstić information content (AvgIpc) is 3.41. The zero-order valence-electron chi connectivity index (χ0n) is 20.3. The number of carbonyl (C=O) groups is 1. The Kier molecular flexibility index (Phi) is 6.03. The van der Waals surface area contributed by atoms with Gasteiger partial charge in [-0.05, 0) is 79.1 Å². The molecule has 6 rings (SSSR count). The summed E-state index contributed by atoms with van der Waals surface area (Å²) in [7, 11) is 0. The van der Waals surface area contributed by atoms with E-state index in [1.807, 2.05) is 41.1 Å². The van der Waals surface area contributed by atoms with Gasteiger partial charge in [-0.2, -0.15) is 13.2 Å². The van der Waals surface area contributed by atoms with Crippen molar-refractivity contribution in [3.63, 3.8) is 0 Å². The molecule has 190 valence electrons. The van der Waals surface area contributed by atoms with E-state index >= 15 is 0 Å². The Hall–Kier alpha value is -3.58. The molecular weight excluding hydrogens is 475 g/mol. The predicted octanol–water partition coefficient (Wildman–Crippen LogP) is 6.57. The molecule has 2 bridgehead atoms. The maximum Gasteiger partial charge on any atom is 0.416 e. The first-order valence-corrected chi connectivity index (χ1v) is 12.7. The third-order valence-corrected chi connectivity index (χ3v) is 7.86. The van der Waals surface area contributed by atoms with Crippen LogP contribution < -0.4 is 5.32 Å². The van der Waals surface area contributed by atoms with E-state index in [1.165, 1.54) is 17.7 Å². The molecule has 0 saturated carbocycles. The second kappa shape index (κ2) is 9.38. The molecule has 3 aromatic carbocycles. The van der Waals surface area contributed by atoms with Crippen molar-refractivity contribution in [2.75, 3.05) is 0 Å². The second-order valence-corrected chi connectivity index (χ2v) is 10.2. The SMILES string of the molecule is O=C(NC1C[C@H]2CC[C@@H](C1)N2Cc1ccccc1)c1ccc2ccn(-c3ccc(C(F)(F)F)cc3)c2c1. The Morgan fingerprint density at radius 1 is 0.892 bits per heavy atom. The molecule has 1 N–H and O–H groups in total. The van der Waals surface area contributed by atoms with E-state index in [0.29, 0.717) is 23.3 Å². The molecular formula is C30H28F3N3O. The minimum absolute atomic E-state index is 0.108. The second-order valence-electron chi connectivity index (χ2n) is 10.2. The lowest BCUT2D eigenvalue weighted by atomic mass is 9.96. The molecule has 1 unspecified atom stereocenters. The average molecular weight is 504 g/mol. The van der Waals surface area contributed by atoms with Crippen molar-refractivity contribution in [2.24, 2.45) is 0 Å². The van der Waals surface area contributed by atoms with Crippen molar-refractivity contribution in [1.29, 1.82) is 0 Å². The summed E-state index contributed by atoms with van der Waals surface area (Å²) in [5.41, 5.74) is 2.59. The highest BCUT2D eigenvalue weighted by Crippen LogP contribution is 2.37. The normalized spacial score (nSPS) is 21.9. The third kappa shape index (κ3) is 4.76. The summed E-state index contributed by atoms with van der Waals surface area (Å²) < 4.78 is 40.7. The highest BCUT2D eigenvalue weighted by atomic mass is 19.4. The van der Waals surface area contributed by atoms with Crippen LogP contribution in [0.3, 0.4) is 0 Å². The maximum absolute atomic E-state index is 13.2. The Labute approximate surface area is 213 Å². The Bertz CT molecular complexity index is 1400. The number of amides is 1. The smallest absolute Gasteiger partial charge is 0.349 e. The number of benzene rings is 3. The minimum Gasteiger partial charge on any atom is -0.349 e. The van der Waals surface area contributed by atoms with Gasteiger partial charge in [-0.1, -0.05) is 36.4 Å². The number of rotatable bonds is 5. The van der Waals surface area contributed by atoms with Crippen LogP contribution in [0.4, 0.5) is 13.2 Å². The molecule has 2 aliphatic heterocycles. The number of hydrogen-bond donors (Lipinski definition) is 1. The molecule has 2 fully saturated rings. The lowest BCUT2D eigenvalue weighted by Crippen LogP contribution is -2.49. The van der Waals surface area contributed by atoms with Crippen LogP contribution in [0, 0.1) is 0 Å². The molecule has 3 heterocycles. The summed E-state index contributed by atoms with van der Waals surface area (Å²) >= 11 is 0. The first-order valence-electron chi connectivity index (χ1n) is 12.7. The Balaban J connectivity index is 1.16. The van der Waals surface area contributed by atoms with Crippen LogP contribution in [-0.4, -0.2) is 33.5 Å². The number of nitrogens with zero attached hydrogens (tertiary/aromatic N) is 2. The van der Waals surface area contributed by atoms with Crippen LogP contribution in [0.5, 0.6) is 0 Å². The first-order chi connectivity index (χ1) is 17.8. The molecule has 7 heteroatoms. The van der Waals surface area contributed by atoms with E-state index < -0.39 is 11.7 Å². The first kappa shape index (κ1) is 23.8. The van der Waals surface area contributed by atoms with Gasteiger partial charge in [-0.3, -0.25) is 9.69 Å². The minimum atomic E-state index is -4.38. The number of halogens is 3. The number of nitrogens with one attached hydrogen (secondary N) is 1. The van der Waals surface area contributed by atoms with E-state index in [0.717, 1.165) is 55.3 Å². The van der Waals surface area contributed by atoms with Gasteiger partial charge in [0.05, 0.1) is 11.1 Å². The van der Waals surface area contributed by atoms with Crippen molar-refractivity contribution < 1.29 is 18.0 Å². The van der Waals surface area contributed by atoms with Crippen LogP contribution in [0.1, 0.15) is 47.2 Å². The van der Waals surface area contributed by atoms with Gasteiger partial charge in [0.25, 0.3) is 5.91 Å². The van der Waals surface area contributed by atoms with Gasteiger partial charge in [-0.25, -0.2) is 0 Å².